The Hall–Kier alpha value is -3.57. The standard InChI is InChI=1S/C22H19ClN6O5/c1-9-8-29-16-11(5-12-15(13-7-24-3-4-25-13)28-34-17(12)14(16)23)6-22(18(29)10(2)33-9)19(30)26-21(32)27-20(22)31/h3-5,7,9-10,18H,6,8H2,1-2H3,(H2,26,27,30,31,32)/t9-,10+,18-/m0/s1. The molecule has 5 heterocycles. The number of morpholine rings is 1. The van der Waals surface area contributed by atoms with E-state index in [9.17, 15) is 14.4 Å². The Morgan fingerprint density at radius 2 is 1.94 bits per heavy atom. The van der Waals surface area contributed by atoms with E-state index in [0.717, 1.165) is 0 Å². The summed E-state index contributed by atoms with van der Waals surface area (Å²) in [5.41, 5.74) is 1.03. The van der Waals surface area contributed by atoms with Gasteiger partial charge in [0.15, 0.2) is 11.0 Å². The molecule has 2 N–H and O–H groups in total. The Morgan fingerprint density at radius 1 is 1.18 bits per heavy atom. The second-order valence-corrected chi connectivity index (χ2v) is 9.21. The second-order valence-electron chi connectivity index (χ2n) is 8.83. The molecule has 0 saturated carbocycles. The number of imide groups is 2. The molecule has 6 rings (SSSR count). The summed E-state index contributed by atoms with van der Waals surface area (Å²) in [4.78, 5) is 48.8. The summed E-state index contributed by atoms with van der Waals surface area (Å²) in [6.45, 7) is 4.10. The molecular weight excluding hydrogens is 464 g/mol. The average Bonchev–Trinajstić information content (AvgIpc) is 3.21. The van der Waals surface area contributed by atoms with Crippen LogP contribution in [0.25, 0.3) is 22.4 Å². The van der Waals surface area contributed by atoms with Crippen molar-refractivity contribution in [1.82, 2.24) is 25.8 Å². The molecule has 11 nitrogen and oxygen atoms in total. The number of halogens is 1. The van der Waals surface area contributed by atoms with E-state index in [-0.39, 0.29) is 12.5 Å². The number of nitrogens with one attached hydrogen (secondary N) is 2. The minimum Gasteiger partial charge on any atom is -0.372 e. The molecule has 2 aromatic heterocycles. The molecule has 0 radical (unpaired) electrons. The maximum absolute atomic E-state index is 13.3. The number of amides is 4. The SMILES string of the molecule is C[C@H]1CN2c3c(cc4c(-c5cnccn5)noc4c3Cl)CC3(C(=O)NC(=O)NC3=O)[C@@H]2[C@@H](C)O1. The van der Waals surface area contributed by atoms with Crippen molar-refractivity contribution in [1.29, 1.82) is 0 Å². The minimum absolute atomic E-state index is 0.0112. The summed E-state index contributed by atoms with van der Waals surface area (Å²) < 4.78 is 11.6. The highest BCUT2D eigenvalue weighted by atomic mass is 35.5. The highest BCUT2D eigenvalue weighted by Gasteiger charge is 2.63. The van der Waals surface area contributed by atoms with Crippen LogP contribution in [-0.2, 0) is 20.7 Å². The zero-order chi connectivity index (χ0) is 23.8. The van der Waals surface area contributed by atoms with Crippen molar-refractivity contribution in [3.05, 3.63) is 35.2 Å². The normalized spacial score (nSPS) is 25.7. The molecule has 3 aromatic rings. The molecule has 1 spiro atoms. The van der Waals surface area contributed by atoms with Crippen LogP contribution in [0.5, 0.6) is 0 Å². The molecule has 1 aromatic carbocycles. The smallest absolute Gasteiger partial charge is 0.328 e. The molecule has 0 aliphatic carbocycles. The molecule has 3 atom stereocenters. The summed E-state index contributed by atoms with van der Waals surface area (Å²) in [6, 6.07) is 0.284. The van der Waals surface area contributed by atoms with Gasteiger partial charge in [0.2, 0.25) is 11.8 Å². The fourth-order valence-electron chi connectivity index (χ4n) is 5.55. The summed E-state index contributed by atoms with van der Waals surface area (Å²) in [6.07, 6.45) is 3.96. The second kappa shape index (κ2) is 7.21. The summed E-state index contributed by atoms with van der Waals surface area (Å²) in [5, 5.41) is 9.62. The van der Waals surface area contributed by atoms with E-state index in [1.807, 2.05) is 24.8 Å². The molecule has 3 aliphatic heterocycles. The number of nitrogens with zero attached hydrogens (tertiary/aromatic N) is 4. The van der Waals surface area contributed by atoms with Gasteiger partial charge >= 0.3 is 6.03 Å². The van der Waals surface area contributed by atoms with Gasteiger partial charge in [-0.2, -0.15) is 0 Å². The summed E-state index contributed by atoms with van der Waals surface area (Å²) in [7, 11) is 0. The number of ether oxygens (including phenoxy) is 1. The van der Waals surface area contributed by atoms with Crippen molar-refractivity contribution in [2.45, 2.75) is 38.5 Å². The number of benzene rings is 1. The number of anilines is 1. The van der Waals surface area contributed by atoms with E-state index in [1.165, 1.54) is 0 Å². The molecular formula is C22H19ClN6O5. The minimum atomic E-state index is -1.60. The average molecular weight is 483 g/mol. The number of carbonyl (C=O) groups excluding carboxylic acids is 3. The molecule has 2 fully saturated rings. The van der Waals surface area contributed by atoms with Crippen molar-refractivity contribution in [3.8, 4) is 11.4 Å². The van der Waals surface area contributed by atoms with E-state index >= 15 is 0 Å². The maximum atomic E-state index is 13.3. The van der Waals surface area contributed by atoms with Gasteiger partial charge in [0.1, 0.15) is 16.4 Å². The van der Waals surface area contributed by atoms with Crippen LogP contribution in [0.1, 0.15) is 19.4 Å². The summed E-state index contributed by atoms with van der Waals surface area (Å²) in [5.74, 6) is -1.33. The first kappa shape index (κ1) is 21.0. The van der Waals surface area contributed by atoms with Crippen molar-refractivity contribution in [3.63, 3.8) is 0 Å². The highest BCUT2D eigenvalue weighted by Crippen LogP contribution is 2.51. The fraction of sp³-hybridized carbons (Fsp3) is 0.364. The lowest BCUT2D eigenvalue weighted by molar-refractivity contribution is -0.153. The lowest BCUT2D eigenvalue weighted by Gasteiger charge is -2.55. The van der Waals surface area contributed by atoms with Crippen molar-refractivity contribution in [2.24, 2.45) is 5.41 Å². The predicted molar refractivity (Wildman–Crippen MR) is 119 cm³/mol. The quantitative estimate of drug-likeness (QED) is 0.497. The lowest BCUT2D eigenvalue weighted by Crippen LogP contribution is -2.75. The van der Waals surface area contributed by atoms with Gasteiger partial charge in [0, 0.05) is 18.9 Å². The van der Waals surface area contributed by atoms with Crippen LogP contribution in [0.4, 0.5) is 10.5 Å². The van der Waals surface area contributed by atoms with Gasteiger partial charge in [-0.25, -0.2) is 4.79 Å². The Kier molecular flexibility index (Phi) is 4.45. The molecule has 34 heavy (non-hydrogen) atoms. The molecule has 12 heteroatoms. The van der Waals surface area contributed by atoms with Crippen LogP contribution in [-0.4, -0.2) is 57.8 Å². The first-order valence-corrected chi connectivity index (χ1v) is 11.1. The van der Waals surface area contributed by atoms with Gasteiger partial charge in [0.25, 0.3) is 0 Å². The van der Waals surface area contributed by atoms with E-state index in [0.29, 0.717) is 45.2 Å². The van der Waals surface area contributed by atoms with Crippen molar-refractivity contribution < 1.29 is 23.6 Å². The Balaban J connectivity index is 1.61. The van der Waals surface area contributed by atoms with E-state index in [2.05, 4.69) is 25.8 Å². The topological polar surface area (TPSA) is 140 Å². The van der Waals surface area contributed by atoms with Gasteiger partial charge in [-0.1, -0.05) is 16.8 Å². The van der Waals surface area contributed by atoms with E-state index in [4.69, 9.17) is 20.9 Å². The maximum Gasteiger partial charge on any atom is 0.328 e. The van der Waals surface area contributed by atoms with E-state index in [1.54, 1.807) is 18.6 Å². The lowest BCUT2D eigenvalue weighted by atomic mass is 9.66. The number of aromatic nitrogens is 3. The number of rotatable bonds is 1. The number of carbonyl (C=O) groups is 3. The Morgan fingerprint density at radius 3 is 2.65 bits per heavy atom. The third-order valence-corrected chi connectivity index (χ3v) is 7.12. The molecule has 2 saturated heterocycles. The van der Waals surface area contributed by atoms with Crippen LogP contribution < -0.4 is 15.5 Å². The predicted octanol–water partition coefficient (Wildman–Crippen LogP) is 1.83. The van der Waals surface area contributed by atoms with Crippen LogP contribution in [0, 0.1) is 5.41 Å². The zero-order valence-corrected chi connectivity index (χ0v) is 18.9. The number of hydrogen-bond acceptors (Lipinski definition) is 9. The van der Waals surface area contributed by atoms with Crippen LogP contribution in [0.2, 0.25) is 5.02 Å². The molecule has 0 bridgehead atoms. The first-order valence-electron chi connectivity index (χ1n) is 10.8. The van der Waals surface area contributed by atoms with Gasteiger partial charge in [-0.05, 0) is 31.9 Å². The summed E-state index contributed by atoms with van der Waals surface area (Å²) >= 11 is 6.89. The monoisotopic (exact) mass is 482 g/mol. The van der Waals surface area contributed by atoms with Crippen LogP contribution in [0.3, 0.4) is 0 Å². The molecule has 0 unspecified atom stereocenters. The largest absolute Gasteiger partial charge is 0.372 e. The van der Waals surface area contributed by atoms with Gasteiger partial charge in [-0.3, -0.25) is 30.2 Å². The molecule has 4 amide bonds. The third kappa shape index (κ3) is 2.74. The van der Waals surface area contributed by atoms with Gasteiger partial charge < -0.3 is 14.2 Å². The third-order valence-electron chi connectivity index (χ3n) is 6.77. The molecule has 174 valence electrons. The van der Waals surface area contributed by atoms with Crippen molar-refractivity contribution >= 4 is 46.1 Å². The highest BCUT2D eigenvalue weighted by molar-refractivity contribution is 6.38. The van der Waals surface area contributed by atoms with Gasteiger partial charge in [-0.15, -0.1) is 0 Å². The molecule has 3 aliphatic rings. The zero-order valence-electron chi connectivity index (χ0n) is 18.2. The van der Waals surface area contributed by atoms with Crippen molar-refractivity contribution in [2.75, 3.05) is 11.4 Å². The number of barbiturate groups is 1. The van der Waals surface area contributed by atoms with E-state index < -0.39 is 35.4 Å². The van der Waals surface area contributed by atoms with Crippen LogP contribution >= 0.6 is 11.6 Å². The first-order chi connectivity index (χ1) is 16.3. The van der Waals surface area contributed by atoms with Crippen LogP contribution in [0.15, 0.2) is 29.2 Å². The number of urea groups is 1. The number of fused-ring (bicyclic) bond motifs is 5. The Labute approximate surface area is 197 Å². The number of hydrogen-bond donors (Lipinski definition) is 2. The Bertz CT molecular complexity index is 1360. The van der Waals surface area contributed by atoms with Gasteiger partial charge in [0.05, 0.1) is 35.5 Å². The fourth-order valence-corrected chi connectivity index (χ4v) is 5.92.